The minimum atomic E-state index is -0.104. The summed E-state index contributed by atoms with van der Waals surface area (Å²) in [6.07, 6.45) is 1.80. The van der Waals surface area contributed by atoms with Crippen LogP contribution < -0.4 is 5.73 Å². The highest BCUT2D eigenvalue weighted by Gasteiger charge is 2.08. The van der Waals surface area contributed by atoms with Gasteiger partial charge in [-0.15, -0.1) is 5.10 Å². The second kappa shape index (κ2) is 3.25. The van der Waals surface area contributed by atoms with Gasteiger partial charge in [-0.1, -0.05) is 0 Å². The van der Waals surface area contributed by atoms with Crippen LogP contribution in [0.1, 0.15) is 17.0 Å². The smallest absolute Gasteiger partial charge is 0.217 e. The molecule has 11 heavy (non-hydrogen) atoms. The summed E-state index contributed by atoms with van der Waals surface area (Å²) in [5.41, 5.74) is 5.19. The van der Waals surface area contributed by atoms with Crippen molar-refractivity contribution in [1.82, 2.24) is 14.8 Å². The fourth-order valence-corrected chi connectivity index (χ4v) is 0.710. The molecule has 0 atom stereocenters. The van der Waals surface area contributed by atoms with Gasteiger partial charge in [0.2, 0.25) is 11.6 Å². The third kappa shape index (κ3) is 1.84. The van der Waals surface area contributed by atoms with Gasteiger partial charge in [-0.3, -0.25) is 9.48 Å². The zero-order chi connectivity index (χ0) is 8.27. The number of nitrogens with zero attached hydrogens (tertiary/aromatic N) is 3. The van der Waals surface area contributed by atoms with Crippen molar-refractivity contribution in [3.8, 4) is 0 Å². The fourth-order valence-electron chi connectivity index (χ4n) is 0.710. The van der Waals surface area contributed by atoms with Gasteiger partial charge in [-0.05, 0) is 6.54 Å². The number of aromatic nitrogens is 3. The Balaban J connectivity index is 2.69. The van der Waals surface area contributed by atoms with Crippen molar-refractivity contribution < 1.29 is 4.79 Å². The number of aryl methyl sites for hydroxylation is 1. The predicted octanol–water partition coefficient (Wildman–Crippen LogP) is -0.653. The molecule has 2 N–H and O–H groups in total. The third-order valence-corrected chi connectivity index (χ3v) is 1.22. The first-order valence-corrected chi connectivity index (χ1v) is 3.33. The SMILES string of the molecule is Cn1cnc(C(=O)CCN)n1. The van der Waals surface area contributed by atoms with Crippen LogP contribution in [-0.4, -0.2) is 27.1 Å². The lowest BCUT2D eigenvalue weighted by atomic mass is 10.3. The second-order valence-corrected chi connectivity index (χ2v) is 2.20. The topological polar surface area (TPSA) is 73.8 Å². The molecule has 5 heteroatoms. The first-order chi connectivity index (χ1) is 5.24. The van der Waals surface area contributed by atoms with Gasteiger partial charge < -0.3 is 5.73 Å². The molecule has 1 heterocycles. The van der Waals surface area contributed by atoms with Crippen molar-refractivity contribution in [3.63, 3.8) is 0 Å². The molecular weight excluding hydrogens is 144 g/mol. The molecule has 0 saturated carbocycles. The quantitative estimate of drug-likeness (QED) is 0.587. The van der Waals surface area contributed by atoms with E-state index in [1.54, 1.807) is 7.05 Å². The molecule has 0 spiro atoms. The fraction of sp³-hybridized carbons (Fsp3) is 0.500. The summed E-state index contributed by atoms with van der Waals surface area (Å²) in [5, 5.41) is 3.83. The molecule has 1 rings (SSSR count). The number of hydrogen-bond donors (Lipinski definition) is 1. The van der Waals surface area contributed by atoms with Crippen molar-refractivity contribution in [2.45, 2.75) is 6.42 Å². The van der Waals surface area contributed by atoms with Gasteiger partial charge in [-0.25, -0.2) is 4.98 Å². The highest BCUT2D eigenvalue weighted by atomic mass is 16.1. The van der Waals surface area contributed by atoms with E-state index in [9.17, 15) is 4.79 Å². The van der Waals surface area contributed by atoms with Crippen LogP contribution in [0.25, 0.3) is 0 Å². The van der Waals surface area contributed by atoms with Crippen molar-refractivity contribution in [3.05, 3.63) is 12.2 Å². The summed E-state index contributed by atoms with van der Waals surface area (Å²) in [4.78, 5) is 14.8. The Labute approximate surface area is 64.2 Å². The van der Waals surface area contributed by atoms with Gasteiger partial charge in [0.15, 0.2) is 0 Å². The zero-order valence-corrected chi connectivity index (χ0v) is 6.32. The van der Waals surface area contributed by atoms with Crippen LogP contribution in [0, 0.1) is 0 Å². The minimum absolute atomic E-state index is 0.104. The van der Waals surface area contributed by atoms with Crippen LogP contribution in [0.2, 0.25) is 0 Å². The van der Waals surface area contributed by atoms with Gasteiger partial charge in [0.25, 0.3) is 0 Å². The maximum absolute atomic E-state index is 11.0. The first-order valence-electron chi connectivity index (χ1n) is 3.33. The van der Waals surface area contributed by atoms with Gasteiger partial charge in [0.1, 0.15) is 6.33 Å². The van der Waals surface area contributed by atoms with Crippen molar-refractivity contribution in [1.29, 1.82) is 0 Å². The van der Waals surface area contributed by atoms with E-state index in [0.717, 1.165) is 0 Å². The molecule has 0 radical (unpaired) electrons. The van der Waals surface area contributed by atoms with Crippen LogP contribution >= 0.6 is 0 Å². The van der Waals surface area contributed by atoms with E-state index in [0.29, 0.717) is 13.0 Å². The summed E-state index contributed by atoms with van der Waals surface area (Å²) >= 11 is 0. The molecule has 0 fully saturated rings. The van der Waals surface area contributed by atoms with Gasteiger partial charge in [0.05, 0.1) is 0 Å². The van der Waals surface area contributed by atoms with Crippen LogP contribution in [0.4, 0.5) is 0 Å². The number of carbonyl (C=O) groups is 1. The second-order valence-electron chi connectivity index (χ2n) is 2.20. The Hall–Kier alpha value is -1.23. The lowest BCUT2D eigenvalue weighted by Gasteiger charge is -1.89. The lowest BCUT2D eigenvalue weighted by molar-refractivity contribution is 0.0975. The molecule has 0 unspecified atom stereocenters. The molecule has 0 saturated heterocycles. The summed E-state index contributed by atoms with van der Waals surface area (Å²) in [5.74, 6) is 0.144. The van der Waals surface area contributed by atoms with Gasteiger partial charge in [-0.2, -0.15) is 0 Å². The van der Waals surface area contributed by atoms with Crippen molar-refractivity contribution >= 4 is 5.78 Å². The molecular formula is C6H10N4O. The zero-order valence-electron chi connectivity index (χ0n) is 6.32. The highest BCUT2D eigenvalue weighted by molar-refractivity contribution is 5.92. The summed E-state index contributed by atoms with van der Waals surface area (Å²) < 4.78 is 1.49. The number of carbonyl (C=O) groups excluding carboxylic acids is 1. The molecule has 5 nitrogen and oxygen atoms in total. The number of nitrogens with two attached hydrogens (primary N) is 1. The molecule has 0 aromatic carbocycles. The maximum Gasteiger partial charge on any atom is 0.217 e. The monoisotopic (exact) mass is 154 g/mol. The Kier molecular flexibility index (Phi) is 2.32. The lowest BCUT2D eigenvalue weighted by Crippen LogP contribution is -2.09. The largest absolute Gasteiger partial charge is 0.330 e. The highest BCUT2D eigenvalue weighted by Crippen LogP contribution is 1.92. The van der Waals surface area contributed by atoms with E-state index in [4.69, 9.17) is 5.73 Å². The van der Waals surface area contributed by atoms with E-state index in [1.807, 2.05) is 0 Å². The third-order valence-electron chi connectivity index (χ3n) is 1.22. The molecule has 60 valence electrons. The number of Topliss-reactive ketones (excluding diaryl/α,β-unsaturated/α-hetero) is 1. The van der Waals surface area contributed by atoms with E-state index < -0.39 is 0 Å². The number of rotatable bonds is 3. The standard InChI is InChI=1S/C6H10N4O/c1-10-4-8-6(9-10)5(11)2-3-7/h4H,2-3,7H2,1H3. The van der Waals surface area contributed by atoms with Gasteiger partial charge in [0, 0.05) is 13.5 Å². The molecule has 1 aromatic heterocycles. The molecule has 1 aromatic rings. The molecule has 0 aliphatic heterocycles. The minimum Gasteiger partial charge on any atom is -0.330 e. The van der Waals surface area contributed by atoms with Crippen LogP contribution in [0.3, 0.4) is 0 Å². The first kappa shape index (κ1) is 7.87. The van der Waals surface area contributed by atoms with Gasteiger partial charge >= 0.3 is 0 Å². The summed E-state index contributed by atoms with van der Waals surface area (Å²) in [6, 6.07) is 0. The Morgan fingerprint density at radius 1 is 1.82 bits per heavy atom. The predicted molar refractivity (Wildman–Crippen MR) is 39.0 cm³/mol. The maximum atomic E-state index is 11.0. The van der Waals surface area contributed by atoms with Crippen molar-refractivity contribution in [2.24, 2.45) is 12.8 Å². The molecule has 0 bridgehead atoms. The van der Waals surface area contributed by atoms with E-state index in [-0.39, 0.29) is 11.6 Å². The average molecular weight is 154 g/mol. The van der Waals surface area contributed by atoms with E-state index in [1.165, 1.54) is 11.0 Å². The van der Waals surface area contributed by atoms with Crippen LogP contribution in [0.5, 0.6) is 0 Å². The van der Waals surface area contributed by atoms with Crippen molar-refractivity contribution in [2.75, 3.05) is 6.54 Å². The Bertz CT molecular complexity index is 255. The molecule has 0 aliphatic rings. The van der Waals surface area contributed by atoms with E-state index in [2.05, 4.69) is 10.1 Å². The molecule has 0 amide bonds. The summed E-state index contributed by atoms with van der Waals surface area (Å²) in [6.45, 7) is 0.344. The normalized spacial score (nSPS) is 10.0. The Morgan fingerprint density at radius 2 is 2.55 bits per heavy atom. The van der Waals surface area contributed by atoms with Crippen LogP contribution in [0.15, 0.2) is 6.33 Å². The van der Waals surface area contributed by atoms with Crippen LogP contribution in [-0.2, 0) is 7.05 Å². The Morgan fingerprint density at radius 3 is 3.00 bits per heavy atom. The number of ketones is 1. The molecule has 0 aliphatic carbocycles. The van der Waals surface area contributed by atoms with E-state index >= 15 is 0 Å². The summed E-state index contributed by atoms with van der Waals surface area (Å²) in [7, 11) is 1.71. The average Bonchev–Trinajstić information content (AvgIpc) is 2.36. The number of hydrogen-bond acceptors (Lipinski definition) is 4.